The molecular formula is C27H24N4O3. The number of hydrogen-bond acceptors (Lipinski definition) is 5. The van der Waals surface area contributed by atoms with Crippen LogP contribution in [0.4, 0.5) is 10.5 Å². The van der Waals surface area contributed by atoms with Crippen LogP contribution in [0.3, 0.4) is 0 Å². The lowest BCUT2D eigenvalue weighted by atomic mass is 9.94. The van der Waals surface area contributed by atoms with Crippen molar-refractivity contribution in [2.45, 2.75) is 19.9 Å². The topological polar surface area (TPSA) is 80.5 Å². The number of methoxy groups -OCH3 is 1. The van der Waals surface area contributed by atoms with Gasteiger partial charge in [-0.15, -0.1) is 0 Å². The predicted molar refractivity (Wildman–Crippen MR) is 130 cm³/mol. The molecule has 1 aliphatic heterocycles. The third-order valence-corrected chi connectivity index (χ3v) is 5.89. The first-order valence-corrected chi connectivity index (χ1v) is 11.0. The number of nitrogens with one attached hydrogen (secondary N) is 1. The second kappa shape index (κ2) is 8.86. The number of anilines is 1. The van der Waals surface area contributed by atoms with Gasteiger partial charge in [0.2, 0.25) is 5.82 Å². The van der Waals surface area contributed by atoms with Crippen molar-refractivity contribution in [3.05, 3.63) is 102 Å². The van der Waals surface area contributed by atoms with Crippen LogP contribution in [-0.2, 0) is 0 Å². The first kappa shape index (κ1) is 21.5. The standard InChI is InChI=1S/C27H24N4O3/c1-17-12-14-21(15-13-17)31-18(2)23(24(28-27(31)32)19-8-5-4-6-9-19)26-29-25(30-34-26)20-10-7-11-22(16-20)33-3/h4-16,24H,1-3H3,(H,28,32). The Hall–Kier alpha value is -4.39. The molecule has 2 heterocycles. The van der Waals surface area contributed by atoms with E-state index in [1.165, 1.54) is 0 Å². The zero-order chi connectivity index (χ0) is 23.7. The molecule has 1 unspecified atom stereocenters. The third-order valence-electron chi connectivity index (χ3n) is 5.89. The number of rotatable bonds is 5. The summed E-state index contributed by atoms with van der Waals surface area (Å²) in [5.74, 6) is 1.50. The van der Waals surface area contributed by atoms with Crippen molar-refractivity contribution in [3.63, 3.8) is 0 Å². The molecule has 7 nitrogen and oxygen atoms in total. The molecule has 34 heavy (non-hydrogen) atoms. The van der Waals surface area contributed by atoms with Gasteiger partial charge in [-0.05, 0) is 43.7 Å². The Morgan fingerprint density at radius 3 is 2.47 bits per heavy atom. The quantitative estimate of drug-likeness (QED) is 0.417. The minimum atomic E-state index is -0.436. The average Bonchev–Trinajstić information content (AvgIpc) is 3.35. The van der Waals surface area contributed by atoms with E-state index >= 15 is 0 Å². The van der Waals surface area contributed by atoms with E-state index in [1.807, 2.05) is 92.7 Å². The highest BCUT2D eigenvalue weighted by Gasteiger charge is 2.36. The lowest BCUT2D eigenvalue weighted by Crippen LogP contribution is -2.46. The highest BCUT2D eigenvalue weighted by Crippen LogP contribution is 2.39. The summed E-state index contributed by atoms with van der Waals surface area (Å²) >= 11 is 0. The Balaban J connectivity index is 1.64. The van der Waals surface area contributed by atoms with E-state index in [0.29, 0.717) is 17.5 Å². The molecule has 0 bridgehead atoms. The Morgan fingerprint density at radius 1 is 0.971 bits per heavy atom. The molecule has 0 radical (unpaired) electrons. The Labute approximate surface area is 197 Å². The molecule has 2 amide bonds. The van der Waals surface area contributed by atoms with Crippen molar-refractivity contribution in [1.29, 1.82) is 0 Å². The van der Waals surface area contributed by atoms with Gasteiger partial charge >= 0.3 is 6.03 Å². The molecule has 0 aliphatic carbocycles. The SMILES string of the molecule is COc1cccc(-c2noc(C3=C(C)N(c4ccc(C)cc4)C(=O)NC3c3ccccc3)n2)c1. The van der Waals surface area contributed by atoms with Crippen LogP contribution in [0.25, 0.3) is 17.0 Å². The first-order chi connectivity index (χ1) is 16.5. The molecule has 4 aromatic rings. The predicted octanol–water partition coefficient (Wildman–Crippen LogP) is 5.76. The second-order valence-electron chi connectivity index (χ2n) is 8.12. The Bertz CT molecular complexity index is 1360. The monoisotopic (exact) mass is 452 g/mol. The summed E-state index contributed by atoms with van der Waals surface area (Å²) in [6.07, 6.45) is 0. The van der Waals surface area contributed by atoms with Gasteiger partial charge in [0.1, 0.15) is 5.75 Å². The number of aryl methyl sites for hydroxylation is 1. The van der Waals surface area contributed by atoms with Gasteiger partial charge in [-0.1, -0.05) is 65.3 Å². The van der Waals surface area contributed by atoms with Crippen LogP contribution in [0.5, 0.6) is 5.75 Å². The minimum Gasteiger partial charge on any atom is -0.497 e. The number of carbonyl (C=O) groups excluding carboxylic acids is 1. The highest BCUT2D eigenvalue weighted by molar-refractivity contribution is 6.01. The van der Waals surface area contributed by atoms with Crippen LogP contribution in [0.1, 0.15) is 30.0 Å². The van der Waals surface area contributed by atoms with Gasteiger partial charge in [0, 0.05) is 11.3 Å². The normalized spacial score (nSPS) is 15.9. The van der Waals surface area contributed by atoms with Crippen molar-refractivity contribution >= 4 is 17.3 Å². The van der Waals surface area contributed by atoms with Crippen LogP contribution < -0.4 is 15.0 Å². The van der Waals surface area contributed by atoms with Gasteiger partial charge in [0.25, 0.3) is 5.89 Å². The molecule has 1 atom stereocenters. The molecule has 3 aromatic carbocycles. The number of allylic oxidation sites excluding steroid dienone is 1. The molecular weight excluding hydrogens is 428 g/mol. The van der Waals surface area contributed by atoms with Crippen LogP contribution in [0.2, 0.25) is 0 Å². The summed E-state index contributed by atoms with van der Waals surface area (Å²) in [6.45, 7) is 3.91. The van der Waals surface area contributed by atoms with Crippen molar-refractivity contribution in [2.24, 2.45) is 0 Å². The number of ether oxygens (including phenoxy) is 1. The Kier molecular flexibility index (Phi) is 5.59. The van der Waals surface area contributed by atoms with Crippen LogP contribution in [0.15, 0.2) is 89.1 Å². The summed E-state index contributed by atoms with van der Waals surface area (Å²) in [7, 11) is 1.61. The Morgan fingerprint density at radius 2 is 1.74 bits per heavy atom. The minimum absolute atomic E-state index is 0.216. The van der Waals surface area contributed by atoms with Crippen molar-refractivity contribution in [3.8, 4) is 17.1 Å². The highest BCUT2D eigenvalue weighted by atomic mass is 16.5. The van der Waals surface area contributed by atoms with Gasteiger partial charge in [-0.3, -0.25) is 4.90 Å². The van der Waals surface area contributed by atoms with E-state index in [-0.39, 0.29) is 6.03 Å². The van der Waals surface area contributed by atoms with Gasteiger partial charge in [-0.2, -0.15) is 4.98 Å². The maximum Gasteiger partial charge on any atom is 0.326 e. The number of amides is 2. The van der Waals surface area contributed by atoms with Crippen LogP contribution in [-0.4, -0.2) is 23.3 Å². The summed E-state index contributed by atoms with van der Waals surface area (Å²) in [6, 6.07) is 24.4. The summed E-state index contributed by atoms with van der Waals surface area (Å²) < 4.78 is 11.1. The summed E-state index contributed by atoms with van der Waals surface area (Å²) in [5, 5.41) is 7.34. The van der Waals surface area contributed by atoms with E-state index in [0.717, 1.165) is 33.6 Å². The summed E-state index contributed by atoms with van der Waals surface area (Å²) in [4.78, 5) is 19.6. The summed E-state index contributed by atoms with van der Waals surface area (Å²) in [5.41, 5.74) is 5.05. The number of aromatic nitrogens is 2. The van der Waals surface area contributed by atoms with Crippen molar-refractivity contribution in [1.82, 2.24) is 15.5 Å². The van der Waals surface area contributed by atoms with Gasteiger partial charge in [0.05, 0.1) is 24.4 Å². The molecule has 0 spiro atoms. The maximum atomic E-state index is 13.2. The maximum absolute atomic E-state index is 13.2. The molecule has 1 N–H and O–H groups in total. The number of nitrogens with zero attached hydrogens (tertiary/aromatic N) is 3. The fourth-order valence-corrected chi connectivity index (χ4v) is 4.13. The largest absolute Gasteiger partial charge is 0.497 e. The molecule has 0 fully saturated rings. The van der Waals surface area contributed by atoms with Crippen molar-refractivity contribution in [2.75, 3.05) is 12.0 Å². The fourth-order valence-electron chi connectivity index (χ4n) is 4.13. The number of urea groups is 1. The van der Waals surface area contributed by atoms with E-state index in [1.54, 1.807) is 12.0 Å². The van der Waals surface area contributed by atoms with Gasteiger partial charge < -0.3 is 14.6 Å². The molecule has 170 valence electrons. The van der Waals surface area contributed by atoms with Crippen LogP contribution >= 0.6 is 0 Å². The van der Waals surface area contributed by atoms with E-state index in [9.17, 15) is 4.79 Å². The lowest BCUT2D eigenvalue weighted by Gasteiger charge is -2.35. The second-order valence-corrected chi connectivity index (χ2v) is 8.12. The third kappa shape index (κ3) is 3.92. The fraction of sp³-hybridized carbons (Fsp3) is 0.148. The van der Waals surface area contributed by atoms with Gasteiger partial charge in [0.15, 0.2) is 0 Å². The van der Waals surface area contributed by atoms with Crippen LogP contribution in [0, 0.1) is 6.92 Å². The molecule has 1 aliphatic rings. The van der Waals surface area contributed by atoms with Gasteiger partial charge in [-0.25, -0.2) is 4.79 Å². The molecule has 0 saturated carbocycles. The smallest absolute Gasteiger partial charge is 0.326 e. The number of hydrogen-bond donors (Lipinski definition) is 1. The van der Waals surface area contributed by atoms with E-state index in [2.05, 4.69) is 10.5 Å². The molecule has 5 rings (SSSR count). The first-order valence-electron chi connectivity index (χ1n) is 11.0. The molecule has 1 aromatic heterocycles. The zero-order valence-electron chi connectivity index (χ0n) is 19.1. The number of benzene rings is 3. The van der Waals surface area contributed by atoms with E-state index < -0.39 is 6.04 Å². The molecule has 7 heteroatoms. The number of carbonyl (C=O) groups is 1. The van der Waals surface area contributed by atoms with Crippen molar-refractivity contribution < 1.29 is 14.1 Å². The van der Waals surface area contributed by atoms with E-state index in [4.69, 9.17) is 14.2 Å². The average molecular weight is 453 g/mol. The zero-order valence-corrected chi connectivity index (χ0v) is 19.1. The lowest BCUT2D eigenvalue weighted by molar-refractivity contribution is 0.244. The molecule has 0 saturated heterocycles.